The van der Waals surface area contributed by atoms with E-state index in [1.54, 1.807) is 79.9 Å². The van der Waals surface area contributed by atoms with Crippen molar-refractivity contribution >= 4 is 29.2 Å². The number of carbonyl (C=O) groups is 2. The first-order valence-electron chi connectivity index (χ1n) is 8.54. The highest BCUT2D eigenvalue weighted by atomic mass is 35.5. The molecule has 0 saturated heterocycles. The molecule has 0 aromatic heterocycles. The fourth-order valence-electron chi connectivity index (χ4n) is 2.61. The molecule has 1 N–H and O–H groups in total. The molecule has 28 heavy (non-hydrogen) atoms. The fraction of sp³-hybridized carbons (Fsp3) is 0.0909. The predicted molar refractivity (Wildman–Crippen MR) is 108 cm³/mol. The van der Waals surface area contributed by atoms with Gasteiger partial charge in [0.2, 0.25) is 6.10 Å². The van der Waals surface area contributed by atoms with E-state index in [0.717, 1.165) is 0 Å². The van der Waals surface area contributed by atoms with E-state index in [1.165, 1.54) is 0 Å². The Labute approximate surface area is 167 Å². The molecule has 142 valence electrons. The molecule has 0 saturated carbocycles. The first-order valence-corrected chi connectivity index (χ1v) is 8.91. The van der Waals surface area contributed by atoms with E-state index in [9.17, 15) is 9.59 Å². The van der Waals surface area contributed by atoms with Crippen LogP contribution in [0.4, 0.5) is 5.69 Å². The first kappa shape index (κ1) is 19.5. The molecule has 0 aliphatic carbocycles. The number of benzene rings is 3. The van der Waals surface area contributed by atoms with Crippen LogP contribution in [-0.2, 0) is 9.53 Å². The molecule has 3 rings (SSSR count). The molecule has 0 unspecified atom stereocenters. The highest BCUT2D eigenvalue weighted by Gasteiger charge is 2.26. The van der Waals surface area contributed by atoms with Gasteiger partial charge in [-0.1, -0.05) is 60.1 Å². The van der Waals surface area contributed by atoms with Crippen LogP contribution < -0.4 is 10.1 Å². The van der Waals surface area contributed by atoms with Crippen molar-refractivity contribution in [3.8, 4) is 5.75 Å². The van der Waals surface area contributed by atoms with Gasteiger partial charge < -0.3 is 14.8 Å². The monoisotopic (exact) mass is 395 g/mol. The van der Waals surface area contributed by atoms with Gasteiger partial charge in [-0.25, -0.2) is 4.79 Å². The maximum absolute atomic E-state index is 12.9. The molecule has 0 aliphatic heterocycles. The van der Waals surface area contributed by atoms with Crippen LogP contribution in [0.15, 0.2) is 78.9 Å². The van der Waals surface area contributed by atoms with Crippen molar-refractivity contribution in [2.75, 3.05) is 12.4 Å². The predicted octanol–water partition coefficient (Wildman–Crippen LogP) is 4.89. The fourth-order valence-corrected chi connectivity index (χ4v) is 2.82. The molecule has 6 heteroatoms. The number of nitrogens with one attached hydrogen (secondary N) is 1. The zero-order valence-electron chi connectivity index (χ0n) is 15.1. The molecule has 1 atom stereocenters. The van der Waals surface area contributed by atoms with Crippen LogP contribution in [0, 0.1) is 0 Å². The Morgan fingerprint density at radius 3 is 2.36 bits per heavy atom. The van der Waals surface area contributed by atoms with E-state index in [0.29, 0.717) is 17.0 Å². The Kier molecular flexibility index (Phi) is 6.29. The molecule has 5 nitrogen and oxygen atoms in total. The van der Waals surface area contributed by atoms with Crippen LogP contribution in [-0.4, -0.2) is 19.0 Å². The normalized spacial score (nSPS) is 11.4. The summed E-state index contributed by atoms with van der Waals surface area (Å²) in [5, 5.41) is 3.01. The van der Waals surface area contributed by atoms with E-state index in [2.05, 4.69) is 5.32 Å². The Balaban J connectivity index is 1.86. The molecule has 0 bridgehead atoms. The van der Waals surface area contributed by atoms with Gasteiger partial charge in [0.1, 0.15) is 5.75 Å². The Morgan fingerprint density at radius 2 is 1.64 bits per heavy atom. The molecule has 3 aromatic rings. The number of esters is 1. The summed E-state index contributed by atoms with van der Waals surface area (Å²) in [7, 11) is 1.54. The summed E-state index contributed by atoms with van der Waals surface area (Å²) < 4.78 is 10.7. The Bertz CT molecular complexity index is 975. The summed E-state index contributed by atoms with van der Waals surface area (Å²) >= 11 is 6.08. The van der Waals surface area contributed by atoms with Crippen molar-refractivity contribution in [3.05, 3.63) is 95.0 Å². The van der Waals surface area contributed by atoms with Gasteiger partial charge in [0.05, 0.1) is 17.7 Å². The van der Waals surface area contributed by atoms with E-state index in [4.69, 9.17) is 21.1 Å². The van der Waals surface area contributed by atoms with Gasteiger partial charge in [-0.05, 0) is 24.3 Å². The van der Waals surface area contributed by atoms with Gasteiger partial charge in [-0.15, -0.1) is 0 Å². The molecule has 1 amide bonds. The largest absolute Gasteiger partial charge is 0.497 e. The minimum absolute atomic E-state index is 0.194. The van der Waals surface area contributed by atoms with Crippen molar-refractivity contribution in [3.63, 3.8) is 0 Å². The van der Waals surface area contributed by atoms with Gasteiger partial charge in [0.25, 0.3) is 5.91 Å². The summed E-state index contributed by atoms with van der Waals surface area (Å²) in [5.41, 5.74) is 1.27. The lowest BCUT2D eigenvalue weighted by molar-refractivity contribution is -0.125. The minimum Gasteiger partial charge on any atom is -0.497 e. The lowest BCUT2D eigenvalue weighted by Gasteiger charge is -2.18. The number of hydrogen-bond donors (Lipinski definition) is 1. The lowest BCUT2D eigenvalue weighted by Crippen LogP contribution is -2.26. The zero-order chi connectivity index (χ0) is 19.9. The van der Waals surface area contributed by atoms with Crippen molar-refractivity contribution in [1.29, 1.82) is 0 Å². The number of rotatable bonds is 6. The number of amides is 1. The maximum atomic E-state index is 12.9. The number of anilines is 1. The summed E-state index contributed by atoms with van der Waals surface area (Å²) in [4.78, 5) is 25.5. The molecule has 0 fully saturated rings. The van der Waals surface area contributed by atoms with Crippen LogP contribution >= 0.6 is 11.6 Å². The Hall–Kier alpha value is -3.31. The van der Waals surface area contributed by atoms with Crippen LogP contribution in [0.5, 0.6) is 5.75 Å². The van der Waals surface area contributed by atoms with Crippen LogP contribution in [0.25, 0.3) is 0 Å². The van der Waals surface area contributed by atoms with Crippen molar-refractivity contribution < 1.29 is 19.1 Å². The van der Waals surface area contributed by atoms with Gasteiger partial charge in [0, 0.05) is 17.3 Å². The van der Waals surface area contributed by atoms with Crippen molar-refractivity contribution in [2.24, 2.45) is 0 Å². The number of carbonyl (C=O) groups excluding carboxylic acids is 2. The van der Waals surface area contributed by atoms with Crippen LogP contribution in [0.2, 0.25) is 5.02 Å². The summed E-state index contributed by atoms with van der Waals surface area (Å²) in [5.74, 6) is -0.567. The standard InChI is InChI=1S/C22H18ClNO4/c1-27-17-11-7-10-16(14-17)24-21(25)20(15-8-3-2-4-9-15)28-22(26)18-12-5-6-13-19(18)23/h2-14,20H,1H3,(H,24,25)/t20-/m0/s1. The van der Waals surface area contributed by atoms with Crippen molar-refractivity contribution in [2.45, 2.75) is 6.10 Å². The third-order valence-electron chi connectivity index (χ3n) is 4.00. The third kappa shape index (κ3) is 4.69. The van der Waals surface area contributed by atoms with E-state index in [-0.39, 0.29) is 10.6 Å². The third-order valence-corrected chi connectivity index (χ3v) is 4.33. The minimum atomic E-state index is -1.14. The molecular weight excluding hydrogens is 378 g/mol. The maximum Gasteiger partial charge on any atom is 0.340 e. The topological polar surface area (TPSA) is 64.6 Å². The zero-order valence-corrected chi connectivity index (χ0v) is 15.8. The number of methoxy groups -OCH3 is 1. The van der Waals surface area contributed by atoms with Gasteiger partial charge in [-0.3, -0.25) is 4.79 Å². The number of halogens is 1. The lowest BCUT2D eigenvalue weighted by atomic mass is 10.1. The second-order valence-corrected chi connectivity index (χ2v) is 6.30. The van der Waals surface area contributed by atoms with Gasteiger partial charge >= 0.3 is 5.97 Å². The number of ether oxygens (including phenoxy) is 2. The average molecular weight is 396 g/mol. The van der Waals surface area contributed by atoms with Crippen LogP contribution in [0.1, 0.15) is 22.0 Å². The van der Waals surface area contributed by atoms with Gasteiger partial charge in [0.15, 0.2) is 0 Å². The van der Waals surface area contributed by atoms with Crippen molar-refractivity contribution in [1.82, 2.24) is 0 Å². The van der Waals surface area contributed by atoms with Gasteiger partial charge in [-0.2, -0.15) is 0 Å². The first-order chi connectivity index (χ1) is 13.6. The summed E-state index contributed by atoms with van der Waals surface area (Å²) in [6, 6.07) is 22.2. The van der Waals surface area contributed by atoms with E-state index < -0.39 is 18.0 Å². The second kappa shape index (κ2) is 9.06. The van der Waals surface area contributed by atoms with E-state index >= 15 is 0 Å². The molecule has 0 spiro atoms. The highest BCUT2D eigenvalue weighted by molar-refractivity contribution is 6.33. The number of hydrogen-bond acceptors (Lipinski definition) is 4. The Morgan fingerprint density at radius 1 is 0.929 bits per heavy atom. The highest BCUT2D eigenvalue weighted by Crippen LogP contribution is 2.25. The SMILES string of the molecule is COc1cccc(NC(=O)[C@@H](OC(=O)c2ccccc2Cl)c2ccccc2)c1. The van der Waals surface area contributed by atoms with E-state index in [1.807, 2.05) is 6.07 Å². The quantitative estimate of drug-likeness (QED) is 0.604. The molecule has 0 aliphatic rings. The summed E-state index contributed by atoms with van der Waals surface area (Å²) in [6.07, 6.45) is -1.14. The average Bonchev–Trinajstić information content (AvgIpc) is 2.73. The smallest absolute Gasteiger partial charge is 0.340 e. The molecule has 0 heterocycles. The van der Waals surface area contributed by atoms with Crippen LogP contribution in [0.3, 0.4) is 0 Å². The summed E-state index contributed by atoms with van der Waals surface area (Å²) in [6.45, 7) is 0. The molecule has 3 aromatic carbocycles. The molecule has 0 radical (unpaired) electrons. The molecular formula is C22H18ClNO4. The second-order valence-electron chi connectivity index (χ2n) is 5.90.